The number of likely N-dealkylation sites (N-methyl/N-ethyl adjacent to an activating group) is 1. The number of amides is 2. The molecule has 0 saturated carbocycles. The van der Waals surface area contributed by atoms with Crippen molar-refractivity contribution < 1.29 is 14.3 Å². The summed E-state index contributed by atoms with van der Waals surface area (Å²) >= 11 is 7.09. The van der Waals surface area contributed by atoms with E-state index in [1.165, 1.54) is 6.08 Å². The van der Waals surface area contributed by atoms with Crippen LogP contribution in [0.3, 0.4) is 0 Å². The van der Waals surface area contributed by atoms with Crippen LogP contribution in [0, 0.1) is 18.3 Å². The average Bonchev–Trinajstić information content (AvgIpc) is 3.50. The SMILES string of the molecule is C=CC(=O)N1CCN(c2cc(C(=O)NC(C)CN(C)C)nc3c2CCN(c2c(Cl)c(C)cc4c2cnn4C2CCCCO2)C3)CC1CC#N. The summed E-state index contributed by atoms with van der Waals surface area (Å²) in [6, 6.07) is 5.84. The molecule has 1 aromatic carbocycles. The Morgan fingerprint density at radius 3 is 2.78 bits per heavy atom. The molecule has 0 aliphatic carbocycles. The Morgan fingerprint density at radius 1 is 1.24 bits per heavy atom. The summed E-state index contributed by atoms with van der Waals surface area (Å²) in [6.45, 7) is 11.7. The minimum Gasteiger partial charge on any atom is -0.367 e. The summed E-state index contributed by atoms with van der Waals surface area (Å²) in [5, 5.41) is 19.1. The maximum Gasteiger partial charge on any atom is 0.270 e. The number of carbonyl (C=O) groups is 2. The first-order valence-corrected chi connectivity index (χ1v) is 17.5. The van der Waals surface area contributed by atoms with E-state index in [0.29, 0.717) is 56.4 Å². The second kappa shape index (κ2) is 14.7. The third kappa shape index (κ3) is 7.11. The molecule has 0 spiro atoms. The van der Waals surface area contributed by atoms with E-state index in [1.807, 2.05) is 49.8 Å². The first-order chi connectivity index (χ1) is 23.6. The summed E-state index contributed by atoms with van der Waals surface area (Å²) < 4.78 is 8.08. The highest BCUT2D eigenvalue weighted by molar-refractivity contribution is 6.35. The molecule has 0 radical (unpaired) electrons. The Balaban J connectivity index is 1.38. The number of carbonyl (C=O) groups excluding carboxylic acids is 2. The van der Waals surface area contributed by atoms with Crippen molar-refractivity contribution in [1.82, 2.24) is 29.9 Å². The van der Waals surface area contributed by atoms with Gasteiger partial charge in [0.25, 0.3) is 5.91 Å². The maximum absolute atomic E-state index is 13.7. The highest BCUT2D eigenvalue weighted by Gasteiger charge is 2.34. The summed E-state index contributed by atoms with van der Waals surface area (Å²) in [5.41, 5.74) is 6.00. The molecule has 3 atom stereocenters. The Morgan fingerprint density at radius 2 is 2.06 bits per heavy atom. The van der Waals surface area contributed by atoms with E-state index in [2.05, 4.69) is 33.8 Å². The number of hydrogen-bond donors (Lipinski definition) is 1. The molecule has 2 saturated heterocycles. The van der Waals surface area contributed by atoms with Gasteiger partial charge in [-0.15, -0.1) is 0 Å². The lowest BCUT2D eigenvalue weighted by Gasteiger charge is -2.43. The van der Waals surface area contributed by atoms with Gasteiger partial charge >= 0.3 is 0 Å². The summed E-state index contributed by atoms with van der Waals surface area (Å²) in [4.78, 5) is 39.6. The van der Waals surface area contributed by atoms with Crippen molar-refractivity contribution in [3.8, 4) is 6.07 Å². The van der Waals surface area contributed by atoms with Crippen molar-refractivity contribution in [2.24, 2.45) is 0 Å². The molecule has 2 fully saturated rings. The van der Waals surface area contributed by atoms with Crippen molar-refractivity contribution >= 4 is 45.7 Å². The molecule has 3 aliphatic heterocycles. The van der Waals surface area contributed by atoms with Gasteiger partial charge in [0, 0.05) is 62.0 Å². The van der Waals surface area contributed by atoms with Crippen LogP contribution in [0.15, 0.2) is 31.0 Å². The number of piperazine rings is 1. The zero-order valence-corrected chi connectivity index (χ0v) is 29.7. The van der Waals surface area contributed by atoms with Gasteiger partial charge < -0.3 is 29.7 Å². The molecule has 3 aliphatic rings. The third-order valence-electron chi connectivity index (χ3n) is 9.76. The van der Waals surface area contributed by atoms with Crippen molar-refractivity contribution in [1.29, 1.82) is 5.26 Å². The molecule has 0 bridgehead atoms. The van der Waals surface area contributed by atoms with Gasteiger partial charge in [-0.3, -0.25) is 9.59 Å². The number of nitrogens with one attached hydrogen (secondary N) is 1. The second-order valence-electron chi connectivity index (χ2n) is 13.7. The lowest BCUT2D eigenvalue weighted by Crippen LogP contribution is -2.55. The second-order valence-corrected chi connectivity index (χ2v) is 14.0. The highest BCUT2D eigenvalue weighted by Crippen LogP contribution is 2.41. The number of aromatic nitrogens is 3. The molecule has 13 heteroatoms. The smallest absolute Gasteiger partial charge is 0.270 e. The maximum atomic E-state index is 13.7. The molecule has 12 nitrogen and oxygen atoms in total. The first-order valence-electron chi connectivity index (χ1n) is 17.2. The molecular weight excluding hydrogens is 642 g/mol. The zero-order valence-electron chi connectivity index (χ0n) is 28.9. The van der Waals surface area contributed by atoms with Crippen molar-refractivity contribution in [2.75, 3.05) is 63.2 Å². The number of hydrogen-bond acceptors (Lipinski definition) is 9. The van der Waals surface area contributed by atoms with E-state index in [1.54, 1.807) is 4.90 Å². The first kappa shape index (κ1) is 34.7. The highest BCUT2D eigenvalue weighted by atomic mass is 35.5. The fourth-order valence-electron chi connectivity index (χ4n) is 7.49. The minimum absolute atomic E-state index is 0.0854. The van der Waals surface area contributed by atoms with Crippen LogP contribution in [0.4, 0.5) is 11.4 Å². The van der Waals surface area contributed by atoms with Gasteiger partial charge in [0.05, 0.1) is 53.2 Å². The zero-order chi connectivity index (χ0) is 34.8. The molecule has 2 aromatic heterocycles. The molecule has 2 amide bonds. The van der Waals surface area contributed by atoms with E-state index in [-0.39, 0.29) is 36.5 Å². The van der Waals surface area contributed by atoms with E-state index in [9.17, 15) is 14.9 Å². The Kier molecular flexibility index (Phi) is 10.4. The predicted molar refractivity (Wildman–Crippen MR) is 191 cm³/mol. The Hall–Kier alpha value is -4.18. The topological polar surface area (TPSA) is 123 Å². The van der Waals surface area contributed by atoms with Gasteiger partial charge in [0.2, 0.25) is 5.91 Å². The van der Waals surface area contributed by atoms with Crippen LogP contribution in [-0.2, 0) is 22.5 Å². The number of pyridine rings is 1. The predicted octanol–water partition coefficient (Wildman–Crippen LogP) is 4.45. The number of rotatable bonds is 9. The number of fused-ring (bicyclic) bond motifs is 2. The third-order valence-corrected chi connectivity index (χ3v) is 10.2. The number of benzene rings is 1. The summed E-state index contributed by atoms with van der Waals surface area (Å²) in [5.74, 6) is -0.420. The van der Waals surface area contributed by atoms with Crippen LogP contribution in [0.5, 0.6) is 0 Å². The molecule has 260 valence electrons. The number of halogens is 1. The van der Waals surface area contributed by atoms with E-state index in [0.717, 1.165) is 65.0 Å². The number of nitriles is 1. The van der Waals surface area contributed by atoms with Crippen LogP contribution in [-0.4, -0.2) is 102 Å². The van der Waals surface area contributed by atoms with Crippen LogP contribution in [0.1, 0.15) is 66.1 Å². The molecule has 1 N–H and O–H groups in total. The van der Waals surface area contributed by atoms with Crippen LogP contribution < -0.4 is 15.1 Å². The van der Waals surface area contributed by atoms with Gasteiger partial charge in [-0.2, -0.15) is 10.4 Å². The van der Waals surface area contributed by atoms with Gasteiger partial charge in [-0.1, -0.05) is 18.2 Å². The van der Waals surface area contributed by atoms with Gasteiger partial charge in [-0.25, -0.2) is 9.67 Å². The minimum atomic E-state index is -0.297. The molecule has 3 aromatic rings. The van der Waals surface area contributed by atoms with Crippen LogP contribution in [0.25, 0.3) is 10.9 Å². The number of aryl methyl sites for hydroxylation is 1. The van der Waals surface area contributed by atoms with Crippen molar-refractivity contribution in [2.45, 2.75) is 70.8 Å². The quantitative estimate of drug-likeness (QED) is 0.325. The standard InChI is InChI=1S/C36H46ClN9O3/c1-6-32(47)45-15-14-43(21-25(45)10-12-38)30-18-28(36(48)40-24(3)20-42(4)5)41-29-22-44(13-11-26(29)30)35-27-19-39-46(33-9-7-8-16-49-33)31(27)17-23(2)34(35)37/h6,17-19,24-25,33H,1,7-11,13-16,20-22H2,2-5H3,(H,40,48). The van der Waals surface area contributed by atoms with Crippen molar-refractivity contribution in [3.63, 3.8) is 0 Å². The lowest BCUT2D eigenvalue weighted by molar-refractivity contribution is -0.128. The lowest BCUT2D eigenvalue weighted by atomic mass is 9.98. The van der Waals surface area contributed by atoms with E-state index in [4.69, 9.17) is 26.4 Å². The molecular formula is C36H46ClN9O3. The van der Waals surface area contributed by atoms with Gasteiger partial charge in [-0.05, 0) is 77.4 Å². The van der Waals surface area contributed by atoms with Crippen LogP contribution in [0.2, 0.25) is 5.02 Å². The molecule has 49 heavy (non-hydrogen) atoms. The fourth-order valence-corrected chi connectivity index (χ4v) is 7.76. The van der Waals surface area contributed by atoms with Gasteiger partial charge in [0.1, 0.15) is 5.69 Å². The largest absolute Gasteiger partial charge is 0.367 e. The van der Waals surface area contributed by atoms with Crippen LogP contribution >= 0.6 is 11.6 Å². The average molecular weight is 688 g/mol. The Labute approximate surface area is 293 Å². The normalized spacial score (nSPS) is 20.2. The fraction of sp³-hybridized carbons (Fsp3) is 0.528. The molecule has 5 heterocycles. The number of nitrogens with zero attached hydrogens (tertiary/aromatic N) is 8. The number of ether oxygens (including phenoxy) is 1. The Bertz CT molecular complexity index is 1780. The summed E-state index contributed by atoms with van der Waals surface area (Å²) in [6.07, 6.45) is 7.05. The van der Waals surface area contributed by atoms with Gasteiger partial charge in [0.15, 0.2) is 6.23 Å². The number of anilines is 2. The molecule has 3 unspecified atom stereocenters. The van der Waals surface area contributed by atoms with Crippen molar-refractivity contribution in [3.05, 3.63) is 58.5 Å². The van der Waals surface area contributed by atoms with E-state index >= 15 is 0 Å². The van der Waals surface area contributed by atoms with E-state index < -0.39 is 0 Å². The molecule has 6 rings (SSSR count). The summed E-state index contributed by atoms with van der Waals surface area (Å²) in [7, 11) is 3.94. The monoisotopic (exact) mass is 687 g/mol.